The van der Waals surface area contributed by atoms with Gasteiger partial charge in [-0.15, -0.1) is 0 Å². The Morgan fingerprint density at radius 2 is 1.28 bits per heavy atom. The van der Waals surface area contributed by atoms with E-state index >= 15 is 0 Å². The van der Waals surface area contributed by atoms with Gasteiger partial charge in [-0.2, -0.15) is 4.31 Å². The summed E-state index contributed by atoms with van der Waals surface area (Å²) >= 11 is 0. The Labute approximate surface area is 189 Å². The summed E-state index contributed by atoms with van der Waals surface area (Å²) < 4.78 is 28.6. The number of sulfonamides is 1. The van der Waals surface area contributed by atoms with Crippen LogP contribution in [0.1, 0.15) is 17.2 Å². The van der Waals surface area contributed by atoms with E-state index in [2.05, 4.69) is 58.4 Å². The van der Waals surface area contributed by atoms with Gasteiger partial charge in [-0.05, 0) is 23.3 Å². The minimum absolute atomic E-state index is 0.0986. The van der Waals surface area contributed by atoms with Crippen LogP contribution in [-0.4, -0.2) is 48.8 Å². The highest BCUT2D eigenvalue weighted by atomic mass is 32.2. The predicted octanol–water partition coefficient (Wildman–Crippen LogP) is 4.33. The summed E-state index contributed by atoms with van der Waals surface area (Å²) in [5.74, 6) is 0. The first-order chi connectivity index (χ1) is 15.6. The quantitative estimate of drug-likeness (QED) is 0.461. The van der Waals surface area contributed by atoms with E-state index in [1.54, 1.807) is 22.6 Å². The number of hydrogen-bond donors (Lipinski definition) is 0. The van der Waals surface area contributed by atoms with Crippen LogP contribution in [0, 0.1) is 0 Å². The molecule has 5 nitrogen and oxygen atoms in total. The first-order valence-electron chi connectivity index (χ1n) is 10.8. The van der Waals surface area contributed by atoms with E-state index in [0.717, 1.165) is 5.39 Å². The molecule has 3 aromatic carbocycles. The van der Waals surface area contributed by atoms with Gasteiger partial charge in [0.1, 0.15) is 4.90 Å². The van der Waals surface area contributed by atoms with Crippen LogP contribution < -0.4 is 0 Å². The molecule has 0 amide bonds. The highest BCUT2D eigenvalue weighted by Gasteiger charge is 2.33. The number of fused-ring (bicyclic) bond motifs is 1. The third-order valence-corrected chi connectivity index (χ3v) is 8.01. The molecule has 4 aromatic rings. The number of pyridine rings is 1. The summed E-state index contributed by atoms with van der Waals surface area (Å²) in [5, 5.41) is 0.834. The van der Waals surface area contributed by atoms with Crippen LogP contribution in [0.4, 0.5) is 0 Å². The number of para-hydroxylation sites is 1. The Kier molecular flexibility index (Phi) is 5.74. The second-order valence-electron chi connectivity index (χ2n) is 8.00. The van der Waals surface area contributed by atoms with Crippen molar-refractivity contribution < 1.29 is 8.42 Å². The van der Waals surface area contributed by atoms with Crippen molar-refractivity contribution in [1.82, 2.24) is 14.2 Å². The molecule has 0 bridgehead atoms. The molecule has 0 N–H and O–H groups in total. The Hall–Kier alpha value is -3.06. The van der Waals surface area contributed by atoms with Gasteiger partial charge in [-0.3, -0.25) is 9.88 Å². The van der Waals surface area contributed by atoms with Crippen molar-refractivity contribution in [1.29, 1.82) is 0 Å². The normalized spacial score (nSPS) is 15.9. The van der Waals surface area contributed by atoms with E-state index in [0.29, 0.717) is 31.7 Å². The molecule has 5 rings (SSSR count). The van der Waals surface area contributed by atoms with Crippen molar-refractivity contribution in [3.05, 3.63) is 108 Å². The Bertz CT molecular complexity index is 1260. The smallest absolute Gasteiger partial charge is 0.245 e. The zero-order chi connectivity index (χ0) is 22.0. The van der Waals surface area contributed by atoms with Crippen molar-refractivity contribution in [2.45, 2.75) is 10.9 Å². The Morgan fingerprint density at radius 1 is 0.688 bits per heavy atom. The lowest BCUT2D eigenvalue weighted by Gasteiger charge is -2.39. The number of benzene rings is 3. The van der Waals surface area contributed by atoms with Gasteiger partial charge >= 0.3 is 0 Å². The van der Waals surface area contributed by atoms with Crippen LogP contribution in [0.3, 0.4) is 0 Å². The highest BCUT2D eigenvalue weighted by Crippen LogP contribution is 2.31. The molecule has 1 aliphatic heterocycles. The van der Waals surface area contributed by atoms with Gasteiger partial charge in [0.2, 0.25) is 10.0 Å². The fourth-order valence-corrected chi connectivity index (χ4v) is 6.10. The fraction of sp³-hybridized carbons (Fsp3) is 0.192. The molecule has 0 radical (unpaired) electrons. The van der Waals surface area contributed by atoms with Crippen molar-refractivity contribution in [3.8, 4) is 0 Å². The largest absolute Gasteiger partial charge is 0.290 e. The molecule has 162 valence electrons. The zero-order valence-corrected chi connectivity index (χ0v) is 18.5. The number of hydrogen-bond acceptors (Lipinski definition) is 4. The van der Waals surface area contributed by atoms with Crippen molar-refractivity contribution in [2.24, 2.45) is 0 Å². The van der Waals surface area contributed by atoms with Crippen LogP contribution in [0.25, 0.3) is 10.9 Å². The zero-order valence-electron chi connectivity index (χ0n) is 17.7. The summed E-state index contributed by atoms with van der Waals surface area (Å²) in [6.45, 7) is 2.21. The molecule has 0 atom stereocenters. The molecular formula is C26H25N3O2S. The molecule has 0 saturated carbocycles. The van der Waals surface area contributed by atoms with Gasteiger partial charge in [0, 0.05) is 37.8 Å². The monoisotopic (exact) mass is 443 g/mol. The van der Waals surface area contributed by atoms with Gasteiger partial charge in [0.15, 0.2) is 0 Å². The number of rotatable bonds is 5. The number of piperazine rings is 1. The van der Waals surface area contributed by atoms with Crippen molar-refractivity contribution in [3.63, 3.8) is 0 Å². The molecule has 6 heteroatoms. The van der Waals surface area contributed by atoms with Crippen LogP contribution in [-0.2, 0) is 10.0 Å². The molecule has 0 unspecified atom stereocenters. The lowest BCUT2D eigenvalue weighted by Crippen LogP contribution is -2.49. The summed E-state index contributed by atoms with van der Waals surface area (Å²) in [5.41, 5.74) is 2.96. The van der Waals surface area contributed by atoms with Crippen LogP contribution in [0.2, 0.25) is 0 Å². The Balaban J connectivity index is 1.41. The molecule has 32 heavy (non-hydrogen) atoms. The number of nitrogens with zero attached hydrogens (tertiary/aromatic N) is 3. The maximum atomic E-state index is 13.5. The summed E-state index contributed by atoms with van der Waals surface area (Å²) in [6.07, 6.45) is 1.64. The minimum Gasteiger partial charge on any atom is -0.290 e. The first-order valence-corrected chi connectivity index (χ1v) is 12.3. The standard InChI is InChI=1S/C26H25N3O2S/c30-32(31,24-15-7-13-21-14-8-16-27-25(21)24)29-19-17-28(18-20-29)26(22-9-3-1-4-10-22)23-11-5-2-6-12-23/h1-16,26H,17-20H2. The highest BCUT2D eigenvalue weighted by molar-refractivity contribution is 7.89. The molecule has 1 aromatic heterocycles. The lowest BCUT2D eigenvalue weighted by atomic mass is 9.96. The van der Waals surface area contributed by atoms with E-state index in [-0.39, 0.29) is 10.9 Å². The van der Waals surface area contributed by atoms with E-state index in [1.807, 2.05) is 30.3 Å². The molecule has 1 fully saturated rings. The predicted molar refractivity (Wildman–Crippen MR) is 127 cm³/mol. The average Bonchev–Trinajstić information content (AvgIpc) is 2.85. The van der Waals surface area contributed by atoms with Gasteiger partial charge < -0.3 is 0 Å². The van der Waals surface area contributed by atoms with E-state index in [1.165, 1.54) is 11.1 Å². The van der Waals surface area contributed by atoms with Crippen molar-refractivity contribution in [2.75, 3.05) is 26.2 Å². The topological polar surface area (TPSA) is 53.5 Å². The molecule has 0 aliphatic carbocycles. The van der Waals surface area contributed by atoms with E-state index in [9.17, 15) is 8.42 Å². The maximum Gasteiger partial charge on any atom is 0.245 e. The minimum atomic E-state index is -3.62. The third kappa shape index (κ3) is 3.93. The average molecular weight is 444 g/mol. The fourth-order valence-electron chi connectivity index (χ4n) is 4.51. The Morgan fingerprint density at radius 3 is 1.91 bits per heavy atom. The van der Waals surface area contributed by atoms with Gasteiger partial charge in [0.25, 0.3) is 0 Å². The summed E-state index contributed by atoms with van der Waals surface area (Å²) in [4.78, 5) is 7.01. The third-order valence-electron chi connectivity index (χ3n) is 6.08. The van der Waals surface area contributed by atoms with Gasteiger partial charge in [-0.25, -0.2) is 8.42 Å². The number of aromatic nitrogens is 1. The molecule has 1 aliphatic rings. The summed E-state index contributed by atoms with van der Waals surface area (Å²) in [7, 11) is -3.62. The summed E-state index contributed by atoms with van der Waals surface area (Å²) in [6, 6.07) is 30.0. The molecule has 1 saturated heterocycles. The van der Waals surface area contributed by atoms with Crippen LogP contribution in [0.5, 0.6) is 0 Å². The van der Waals surface area contributed by atoms with Gasteiger partial charge in [-0.1, -0.05) is 78.9 Å². The van der Waals surface area contributed by atoms with Gasteiger partial charge in [0.05, 0.1) is 11.6 Å². The first kappa shape index (κ1) is 20.8. The van der Waals surface area contributed by atoms with E-state index in [4.69, 9.17) is 0 Å². The van der Waals surface area contributed by atoms with Crippen LogP contribution >= 0.6 is 0 Å². The molecule has 2 heterocycles. The van der Waals surface area contributed by atoms with Crippen molar-refractivity contribution >= 4 is 20.9 Å². The maximum absolute atomic E-state index is 13.5. The second-order valence-corrected chi connectivity index (χ2v) is 9.90. The second kappa shape index (κ2) is 8.82. The lowest BCUT2D eigenvalue weighted by molar-refractivity contribution is 0.156. The molecule has 0 spiro atoms. The SMILES string of the molecule is O=S(=O)(c1cccc2cccnc12)N1CCN(C(c2ccccc2)c2ccccc2)CC1. The molecular weight excluding hydrogens is 418 g/mol. The van der Waals surface area contributed by atoms with Crippen LogP contribution in [0.15, 0.2) is 102 Å². The van der Waals surface area contributed by atoms with E-state index < -0.39 is 10.0 Å².